The molecule has 0 aromatic heterocycles. The van der Waals surface area contributed by atoms with Crippen molar-refractivity contribution in [3.05, 3.63) is 12.2 Å². The highest BCUT2D eigenvalue weighted by atomic mass is 13.8. The summed E-state index contributed by atoms with van der Waals surface area (Å²) >= 11 is 0. The Bertz CT molecular complexity index is 62.4. The van der Waals surface area contributed by atoms with Crippen LogP contribution in [-0.4, -0.2) is 0 Å². The van der Waals surface area contributed by atoms with Gasteiger partial charge < -0.3 is 0 Å². The van der Waals surface area contributed by atoms with Crippen molar-refractivity contribution in [2.24, 2.45) is 0 Å². The molecule has 68 valence electrons. The number of rotatable bonds is 5. The average molecular weight is 156 g/mol. The van der Waals surface area contributed by atoms with Gasteiger partial charge in [0.05, 0.1) is 0 Å². The van der Waals surface area contributed by atoms with Crippen LogP contribution in [0.3, 0.4) is 0 Å². The average Bonchev–Trinajstić information content (AvgIpc) is 2.08. The summed E-state index contributed by atoms with van der Waals surface area (Å²) < 4.78 is 0. The van der Waals surface area contributed by atoms with Crippen LogP contribution in [0.25, 0.3) is 0 Å². The lowest BCUT2D eigenvalue weighted by Crippen LogP contribution is -1.66. The Kier molecular flexibility index (Phi) is 19.9. The van der Waals surface area contributed by atoms with Crippen molar-refractivity contribution in [1.29, 1.82) is 0 Å². The first-order valence-electron chi connectivity index (χ1n) is 5.06. The summed E-state index contributed by atoms with van der Waals surface area (Å²) in [7, 11) is 0. The zero-order chi connectivity index (χ0) is 8.95. The first-order valence-corrected chi connectivity index (χ1v) is 5.06. The molecule has 0 saturated heterocycles. The molecule has 0 amide bonds. The standard InChI is InChI=1S/C9H18.C2H6/c1-3-5-7-9-8-6-4-2;1-2/h7,9H,3-6,8H2,1-2H3;1-2H3/b9-7+;. The summed E-state index contributed by atoms with van der Waals surface area (Å²) in [6.07, 6.45) is 11.1. The number of hydrogen-bond acceptors (Lipinski definition) is 0. The second-order valence-corrected chi connectivity index (χ2v) is 2.40. The smallest absolute Gasteiger partial charge is 0.0351 e. The van der Waals surface area contributed by atoms with E-state index in [2.05, 4.69) is 26.0 Å². The third kappa shape index (κ3) is 17.7. The van der Waals surface area contributed by atoms with Gasteiger partial charge in [-0.1, -0.05) is 59.1 Å². The lowest BCUT2D eigenvalue weighted by Gasteiger charge is -1.87. The molecule has 0 aromatic rings. The normalized spacial score (nSPS) is 9.45. The molecule has 0 heterocycles. The number of hydrogen-bond donors (Lipinski definition) is 0. The molecule has 0 N–H and O–H groups in total. The summed E-state index contributed by atoms with van der Waals surface area (Å²) in [5.74, 6) is 0. The van der Waals surface area contributed by atoms with Gasteiger partial charge in [0.2, 0.25) is 0 Å². The highest BCUT2D eigenvalue weighted by Crippen LogP contribution is 1.96. The monoisotopic (exact) mass is 156 g/mol. The molecule has 0 spiro atoms. The molecule has 0 fully saturated rings. The largest absolute Gasteiger partial charge is 0.0885 e. The third-order valence-electron chi connectivity index (χ3n) is 1.35. The maximum atomic E-state index is 2.30. The van der Waals surface area contributed by atoms with Crippen LogP contribution in [0, 0.1) is 0 Å². The molecular formula is C11H24. The van der Waals surface area contributed by atoms with Crippen molar-refractivity contribution in [3.8, 4) is 0 Å². The van der Waals surface area contributed by atoms with E-state index in [0.717, 1.165) is 0 Å². The van der Waals surface area contributed by atoms with E-state index in [4.69, 9.17) is 0 Å². The van der Waals surface area contributed by atoms with Crippen molar-refractivity contribution in [2.45, 2.75) is 59.8 Å². The first kappa shape index (κ1) is 13.3. The molecular weight excluding hydrogens is 132 g/mol. The van der Waals surface area contributed by atoms with E-state index < -0.39 is 0 Å². The van der Waals surface area contributed by atoms with Gasteiger partial charge in [0.25, 0.3) is 0 Å². The van der Waals surface area contributed by atoms with Crippen LogP contribution < -0.4 is 0 Å². The fourth-order valence-electron chi connectivity index (χ4n) is 0.724. The van der Waals surface area contributed by atoms with E-state index in [1.807, 2.05) is 13.8 Å². The second kappa shape index (κ2) is 16.4. The summed E-state index contributed by atoms with van der Waals surface area (Å²) in [6.45, 7) is 8.44. The van der Waals surface area contributed by atoms with Crippen LogP contribution in [0.2, 0.25) is 0 Å². The fraction of sp³-hybridized carbons (Fsp3) is 0.818. The lowest BCUT2D eigenvalue weighted by molar-refractivity contribution is 0.810. The molecule has 0 unspecified atom stereocenters. The molecule has 11 heavy (non-hydrogen) atoms. The lowest BCUT2D eigenvalue weighted by atomic mass is 10.2. The second-order valence-electron chi connectivity index (χ2n) is 2.40. The molecule has 0 aliphatic rings. The Morgan fingerprint density at radius 3 is 1.82 bits per heavy atom. The van der Waals surface area contributed by atoms with E-state index in [9.17, 15) is 0 Å². The van der Waals surface area contributed by atoms with Gasteiger partial charge in [-0.05, 0) is 12.8 Å². The molecule has 0 rings (SSSR count). The Morgan fingerprint density at radius 1 is 0.818 bits per heavy atom. The summed E-state index contributed by atoms with van der Waals surface area (Å²) in [5, 5.41) is 0. The maximum Gasteiger partial charge on any atom is -0.0351 e. The Morgan fingerprint density at radius 2 is 1.36 bits per heavy atom. The first-order chi connectivity index (χ1) is 5.41. The Hall–Kier alpha value is -0.260. The molecule has 0 bridgehead atoms. The number of allylic oxidation sites excluding steroid dienone is 2. The van der Waals surface area contributed by atoms with Crippen molar-refractivity contribution >= 4 is 0 Å². The minimum Gasteiger partial charge on any atom is -0.0885 e. The number of unbranched alkanes of at least 4 members (excludes halogenated alkanes) is 3. The van der Waals surface area contributed by atoms with E-state index in [1.54, 1.807) is 0 Å². The van der Waals surface area contributed by atoms with Crippen molar-refractivity contribution < 1.29 is 0 Å². The van der Waals surface area contributed by atoms with E-state index >= 15 is 0 Å². The van der Waals surface area contributed by atoms with Crippen LogP contribution in [-0.2, 0) is 0 Å². The zero-order valence-corrected chi connectivity index (χ0v) is 8.69. The van der Waals surface area contributed by atoms with Crippen LogP contribution in [0.15, 0.2) is 12.2 Å². The SMILES string of the molecule is CC.CCC/C=C/CCCC. The van der Waals surface area contributed by atoms with Crippen LogP contribution in [0.1, 0.15) is 59.8 Å². The van der Waals surface area contributed by atoms with Crippen LogP contribution >= 0.6 is 0 Å². The predicted octanol–water partition coefficient (Wildman–Crippen LogP) is 4.56. The Balaban J connectivity index is 0. The van der Waals surface area contributed by atoms with E-state index in [1.165, 1.54) is 32.1 Å². The molecule has 0 atom stereocenters. The molecule has 0 heteroatoms. The zero-order valence-electron chi connectivity index (χ0n) is 8.69. The Labute approximate surface area is 72.7 Å². The summed E-state index contributed by atoms with van der Waals surface area (Å²) in [4.78, 5) is 0. The van der Waals surface area contributed by atoms with Gasteiger partial charge in [-0.15, -0.1) is 0 Å². The molecule has 0 aliphatic heterocycles. The quantitative estimate of drug-likeness (QED) is 0.404. The highest BCUT2D eigenvalue weighted by Gasteiger charge is 1.76. The minimum atomic E-state index is 1.25. The fourth-order valence-corrected chi connectivity index (χ4v) is 0.724. The van der Waals surface area contributed by atoms with Crippen molar-refractivity contribution in [3.63, 3.8) is 0 Å². The highest BCUT2D eigenvalue weighted by molar-refractivity contribution is 4.80. The summed E-state index contributed by atoms with van der Waals surface area (Å²) in [5.41, 5.74) is 0. The minimum absolute atomic E-state index is 1.25. The molecule has 0 saturated carbocycles. The van der Waals surface area contributed by atoms with Crippen LogP contribution in [0.4, 0.5) is 0 Å². The predicted molar refractivity (Wildman–Crippen MR) is 54.9 cm³/mol. The third-order valence-corrected chi connectivity index (χ3v) is 1.35. The molecule has 0 nitrogen and oxygen atoms in total. The van der Waals surface area contributed by atoms with Gasteiger partial charge in [-0.2, -0.15) is 0 Å². The topological polar surface area (TPSA) is 0 Å². The van der Waals surface area contributed by atoms with Gasteiger partial charge in [-0.3, -0.25) is 0 Å². The van der Waals surface area contributed by atoms with Gasteiger partial charge in [-0.25, -0.2) is 0 Å². The van der Waals surface area contributed by atoms with E-state index in [-0.39, 0.29) is 0 Å². The molecule has 0 radical (unpaired) electrons. The van der Waals surface area contributed by atoms with Gasteiger partial charge in [0.1, 0.15) is 0 Å². The maximum absolute atomic E-state index is 2.30. The summed E-state index contributed by atoms with van der Waals surface area (Å²) in [6, 6.07) is 0. The van der Waals surface area contributed by atoms with Gasteiger partial charge in [0.15, 0.2) is 0 Å². The molecule has 0 aromatic carbocycles. The van der Waals surface area contributed by atoms with Crippen molar-refractivity contribution in [2.75, 3.05) is 0 Å². The van der Waals surface area contributed by atoms with Crippen LogP contribution in [0.5, 0.6) is 0 Å². The van der Waals surface area contributed by atoms with Gasteiger partial charge >= 0.3 is 0 Å². The van der Waals surface area contributed by atoms with E-state index in [0.29, 0.717) is 0 Å². The molecule has 0 aliphatic carbocycles. The van der Waals surface area contributed by atoms with Crippen molar-refractivity contribution in [1.82, 2.24) is 0 Å². The van der Waals surface area contributed by atoms with Gasteiger partial charge in [0, 0.05) is 0 Å².